The number of hydrogen-bond donors (Lipinski definition) is 3. The van der Waals surface area contributed by atoms with Crippen molar-refractivity contribution in [2.75, 3.05) is 32.5 Å². The topological polar surface area (TPSA) is 87.8 Å². The molecule has 2 rings (SSSR count). The van der Waals surface area contributed by atoms with Gasteiger partial charge in [-0.25, -0.2) is 4.79 Å². The van der Waals surface area contributed by atoms with Crippen LogP contribution in [0.15, 0.2) is 24.3 Å². The summed E-state index contributed by atoms with van der Waals surface area (Å²) in [5, 5.41) is 13.0. The number of benzene rings is 1. The first-order valence-corrected chi connectivity index (χ1v) is 6.69. The van der Waals surface area contributed by atoms with Crippen LogP contribution in [0, 0.1) is 0 Å². The standard InChI is InChI=1S/C14H21N3O3/c1-20-14(19)16-12-5-6-17(8-12)9-13(18)10-3-2-4-11(15)7-10/h2-4,7,12-13,18H,5-6,8-9,15H2,1H3,(H,16,19). The number of nitrogens with one attached hydrogen (secondary N) is 1. The average molecular weight is 279 g/mol. The zero-order valence-electron chi connectivity index (χ0n) is 11.6. The zero-order valence-corrected chi connectivity index (χ0v) is 11.6. The molecule has 2 unspecified atom stereocenters. The van der Waals surface area contributed by atoms with Crippen LogP contribution in [0.1, 0.15) is 18.1 Å². The fraction of sp³-hybridized carbons (Fsp3) is 0.500. The Balaban J connectivity index is 1.84. The van der Waals surface area contributed by atoms with E-state index in [2.05, 4.69) is 15.0 Å². The third kappa shape index (κ3) is 3.85. The molecule has 2 atom stereocenters. The van der Waals surface area contributed by atoms with E-state index in [1.165, 1.54) is 7.11 Å². The Hall–Kier alpha value is -1.79. The van der Waals surface area contributed by atoms with Crippen LogP contribution in [0.3, 0.4) is 0 Å². The number of nitrogens with two attached hydrogens (primary N) is 1. The van der Waals surface area contributed by atoms with E-state index in [-0.39, 0.29) is 6.04 Å². The van der Waals surface area contributed by atoms with Gasteiger partial charge in [0.25, 0.3) is 0 Å². The minimum absolute atomic E-state index is 0.0792. The van der Waals surface area contributed by atoms with Gasteiger partial charge in [0.2, 0.25) is 0 Å². The monoisotopic (exact) mass is 279 g/mol. The van der Waals surface area contributed by atoms with E-state index in [1.54, 1.807) is 12.1 Å². The van der Waals surface area contributed by atoms with Gasteiger partial charge in [-0.1, -0.05) is 12.1 Å². The molecule has 1 fully saturated rings. The van der Waals surface area contributed by atoms with Crippen molar-refractivity contribution in [3.63, 3.8) is 0 Å². The summed E-state index contributed by atoms with van der Waals surface area (Å²) in [7, 11) is 1.35. The number of nitrogens with zero attached hydrogens (tertiary/aromatic N) is 1. The van der Waals surface area contributed by atoms with Crippen LogP contribution in [-0.2, 0) is 4.74 Å². The number of nitrogen functional groups attached to an aromatic ring is 1. The molecule has 110 valence electrons. The average Bonchev–Trinajstić information content (AvgIpc) is 2.85. The molecule has 1 aromatic rings. The molecule has 0 aliphatic carbocycles. The van der Waals surface area contributed by atoms with Gasteiger partial charge in [-0.2, -0.15) is 0 Å². The Bertz CT molecular complexity index is 467. The summed E-state index contributed by atoms with van der Waals surface area (Å²) in [6.45, 7) is 2.09. The van der Waals surface area contributed by atoms with E-state index >= 15 is 0 Å². The first-order valence-electron chi connectivity index (χ1n) is 6.69. The quantitative estimate of drug-likeness (QED) is 0.707. The number of methoxy groups -OCH3 is 1. The molecule has 6 nitrogen and oxygen atoms in total. The molecule has 1 amide bonds. The summed E-state index contributed by atoms with van der Waals surface area (Å²) in [4.78, 5) is 13.3. The predicted molar refractivity (Wildman–Crippen MR) is 76.2 cm³/mol. The Morgan fingerprint density at radius 1 is 1.65 bits per heavy atom. The van der Waals surface area contributed by atoms with Crippen molar-refractivity contribution in [3.8, 4) is 0 Å². The summed E-state index contributed by atoms with van der Waals surface area (Å²) in [6.07, 6.45) is -0.123. The molecule has 0 saturated carbocycles. The zero-order chi connectivity index (χ0) is 14.5. The van der Waals surface area contributed by atoms with Crippen LogP contribution in [0.25, 0.3) is 0 Å². The van der Waals surface area contributed by atoms with Crippen LogP contribution in [0.4, 0.5) is 10.5 Å². The number of hydrogen-bond acceptors (Lipinski definition) is 5. The minimum atomic E-state index is -0.574. The van der Waals surface area contributed by atoms with Gasteiger partial charge < -0.3 is 20.9 Å². The van der Waals surface area contributed by atoms with Gasteiger partial charge in [-0.3, -0.25) is 4.90 Å². The lowest BCUT2D eigenvalue weighted by Crippen LogP contribution is -2.37. The SMILES string of the molecule is COC(=O)NC1CCN(CC(O)c2cccc(N)c2)C1. The van der Waals surface area contributed by atoms with E-state index in [9.17, 15) is 9.90 Å². The van der Waals surface area contributed by atoms with E-state index in [4.69, 9.17) is 5.73 Å². The molecule has 0 spiro atoms. The Labute approximate surface area is 118 Å². The maximum atomic E-state index is 11.1. The Kier molecular flexibility index (Phi) is 4.81. The van der Waals surface area contributed by atoms with E-state index in [0.717, 1.165) is 18.5 Å². The number of ether oxygens (including phenoxy) is 1. The number of likely N-dealkylation sites (tertiary alicyclic amines) is 1. The lowest BCUT2D eigenvalue weighted by atomic mass is 10.1. The van der Waals surface area contributed by atoms with Crippen molar-refractivity contribution in [3.05, 3.63) is 29.8 Å². The van der Waals surface area contributed by atoms with Crippen LogP contribution in [0.5, 0.6) is 0 Å². The van der Waals surface area contributed by atoms with Gasteiger partial charge >= 0.3 is 6.09 Å². The number of amides is 1. The van der Waals surface area contributed by atoms with E-state index < -0.39 is 12.2 Å². The van der Waals surface area contributed by atoms with Crippen molar-refractivity contribution in [2.24, 2.45) is 0 Å². The number of carbonyl (C=O) groups excluding carboxylic acids is 1. The fourth-order valence-electron chi connectivity index (χ4n) is 2.46. The molecule has 6 heteroatoms. The maximum Gasteiger partial charge on any atom is 0.407 e. The Morgan fingerprint density at radius 3 is 3.15 bits per heavy atom. The summed E-state index contributed by atoms with van der Waals surface area (Å²) < 4.78 is 4.58. The third-order valence-corrected chi connectivity index (χ3v) is 3.51. The molecule has 0 bridgehead atoms. The second-order valence-electron chi connectivity index (χ2n) is 5.07. The van der Waals surface area contributed by atoms with Crippen LogP contribution in [0.2, 0.25) is 0 Å². The van der Waals surface area contributed by atoms with Gasteiger partial charge in [0.05, 0.1) is 13.2 Å². The normalized spacial score (nSPS) is 20.6. The van der Waals surface area contributed by atoms with Gasteiger partial charge in [-0.15, -0.1) is 0 Å². The third-order valence-electron chi connectivity index (χ3n) is 3.51. The van der Waals surface area contributed by atoms with Crippen molar-refractivity contribution < 1.29 is 14.6 Å². The second kappa shape index (κ2) is 6.58. The summed E-state index contributed by atoms with van der Waals surface area (Å²) in [5.74, 6) is 0. The molecule has 20 heavy (non-hydrogen) atoms. The highest BCUT2D eigenvalue weighted by molar-refractivity contribution is 5.67. The summed E-state index contributed by atoms with van der Waals surface area (Å²) in [6, 6.07) is 7.35. The number of carbonyl (C=O) groups is 1. The molecular formula is C14H21N3O3. The number of alkyl carbamates (subject to hydrolysis) is 1. The minimum Gasteiger partial charge on any atom is -0.453 e. The van der Waals surface area contributed by atoms with Crippen molar-refractivity contribution in [1.29, 1.82) is 0 Å². The second-order valence-corrected chi connectivity index (χ2v) is 5.07. The molecule has 1 heterocycles. The predicted octanol–water partition coefficient (Wildman–Crippen LogP) is 0.732. The van der Waals surface area contributed by atoms with Gasteiger partial charge in [-0.05, 0) is 24.1 Å². The van der Waals surface area contributed by atoms with Gasteiger partial charge in [0.1, 0.15) is 0 Å². The molecule has 1 aliphatic heterocycles. The van der Waals surface area contributed by atoms with Gasteiger partial charge in [0.15, 0.2) is 0 Å². The van der Waals surface area contributed by atoms with Crippen LogP contribution in [-0.4, -0.2) is 48.9 Å². The molecule has 1 saturated heterocycles. The largest absolute Gasteiger partial charge is 0.453 e. The smallest absolute Gasteiger partial charge is 0.407 e. The van der Waals surface area contributed by atoms with Gasteiger partial charge in [0, 0.05) is 31.4 Å². The molecule has 0 aromatic heterocycles. The number of aliphatic hydroxyl groups is 1. The highest BCUT2D eigenvalue weighted by Crippen LogP contribution is 2.19. The van der Waals surface area contributed by atoms with Crippen molar-refractivity contribution in [1.82, 2.24) is 10.2 Å². The van der Waals surface area contributed by atoms with E-state index in [1.807, 2.05) is 12.1 Å². The maximum absolute atomic E-state index is 11.1. The highest BCUT2D eigenvalue weighted by atomic mass is 16.5. The molecule has 4 N–H and O–H groups in total. The van der Waals surface area contributed by atoms with E-state index in [0.29, 0.717) is 18.8 Å². The highest BCUT2D eigenvalue weighted by Gasteiger charge is 2.25. The first kappa shape index (κ1) is 14.6. The number of rotatable bonds is 4. The number of β-amino-alcohol motifs (C(OH)–C–C–N with tert-alkyl or cyclic N) is 1. The fourth-order valence-corrected chi connectivity index (χ4v) is 2.46. The molecule has 0 radical (unpaired) electrons. The molecular weight excluding hydrogens is 258 g/mol. The lowest BCUT2D eigenvalue weighted by molar-refractivity contribution is 0.124. The number of anilines is 1. The summed E-state index contributed by atoms with van der Waals surface area (Å²) in [5.41, 5.74) is 7.17. The van der Waals surface area contributed by atoms with Crippen LogP contribution < -0.4 is 11.1 Å². The van der Waals surface area contributed by atoms with Crippen molar-refractivity contribution >= 4 is 11.8 Å². The van der Waals surface area contributed by atoms with Crippen LogP contribution >= 0.6 is 0 Å². The van der Waals surface area contributed by atoms with Crippen molar-refractivity contribution in [2.45, 2.75) is 18.6 Å². The lowest BCUT2D eigenvalue weighted by Gasteiger charge is -2.20. The number of aliphatic hydroxyl groups excluding tert-OH is 1. The Morgan fingerprint density at radius 2 is 2.45 bits per heavy atom. The molecule has 1 aliphatic rings. The molecule has 1 aromatic carbocycles. The summed E-state index contributed by atoms with van der Waals surface area (Å²) >= 11 is 0. The first-order chi connectivity index (χ1) is 9.58.